The number of rotatable bonds is 6. The van der Waals surface area contributed by atoms with Crippen molar-refractivity contribution in [1.29, 1.82) is 0 Å². The lowest BCUT2D eigenvalue weighted by molar-refractivity contribution is -0.132. The van der Waals surface area contributed by atoms with E-state index in [1.165, 1.54) is 0 Å². The Morgan fingerprint density at radius 1 is 0.967 bits per heavy atom. The fourth-order valence-electron chi connectivity index (χ4n) is 3.82. The van der Waals surface area contributed by atoms with Gasteiger partial charge in [0, 0.05) is 36.4 Å². The van der Waals surface area contributed by atoms with Crippen LogP contribution in [-0.2, 0) is 22.7 Å². The van der Waals surface area contributed by atoms with Gasteiger partial charge in [0.05, 0.1) is 17.8 Å². The van der Waals surface area contributed by atoms with E-state index in [0.29, 0.717) is 16.6 Å². The van der Waals surface area contributed by atoms with E-state index in [2.05, 4.69) is 10.3 Å². The van der Waals surface area contributed by atoms with Crippen molar-refractivity contribution in [3.8, 4) is 0 Å². The Hall–Kier alpha value is -3.48. The second kappa shape index (κ2) is 8.90. The van der Waals surface area contributed by atoms with Gasteiger partial charge in [-0.05, 0) is 37.5 Å². The van der Waals surface area contributed by atoms with Crippen LogP contribution in [0.4, 0.5) is 0 Å². The number of ketones is 1. The standard InChI is InChI=1S/C23H24N4O3/c28-21(26-12-6-1-7-13-26)16-27-15-19(18-9-2-3-10-20(18)27)22(29)23(30)25-14-17-8-4-5-11-24-17/h2-5,8-11,15H,1,6-7,12-14,16H2,(H,25,30). The van der Waals surface area contributed by atoms with Crippen molar-refractivity contribution in [3.63, 3.8) is 0 Å². The summed E-state index contributed by atoms with van der Waals surface area (Å²) in [7, 11) is 0. The third-order valence-corrected chi connectivity index (χ3v) is 5.41. The summed E-state index contributed by atoms with van der Waals surface area (Å²) in [4.78, 5) is 44.0. The highest BCUT2D eigenvalue weighted by atomic mass is 16.2. The largest absolute Gasteiger partial charge is 0.344 e. The van der Waals surface area contributed by atoms with E-state index in [-0.39, 0.29) is 19.0 Å². The van der Waals surface area contributed by atoms with Gasteiger partial charge in [-0.2, -0.15) is 0 Å². The van der Waals surface area contributed by atoms with E-state index in [0.717, 1.165) is 37.9 Å². The Morgan fingerprint density at radius 2 is 1.73 bits per heavy atom. The van der Waals surface area contributed by atoms with E-state index >= 15 is 0 Å². The Bertz CT molecular complexity index is 1070. The molecule has 0 atom stereocenters. The zero-order valence-electron chi connectivity index (χ0n) is 16.7. The number of fused-ring (bicyclic) bond motifs is 1. The lowest BCUT2D eigenvalue weighted by Crippen LogP contribution is -2.37. The van der Waals surface area contributed by atoms with Crippen LogP contribution in [0.1, 0.15) is 35.3 Å². The van der Waals surface area contributed by atoms with Gasteiger partial charge in [0.25, 0.3) is 11.7 Å². The fourth-order valence-corrected chi connectivity index (χ4v) is 3.82. The highest BCUT2D eigenvalue weighted by Crippen LogP contribution is 2.22. The molecule has 3 aromatic rings. The minimum atomic E-state index is -0.689. The lowest BCUT2D eigenvalue weighted by Gasteiger charge is -2.27. The molecule has 1 saturated heterocycles. The first-order valence-corrected chi connectivity index (χ1v) is 10.2. The predicted molar refractivity (Wildman–Crippen MR) is 113 cm³/mol. The number of hydrogen-bond donors (Lipinski definition) is 1. The maximum atomic E-state index is 12.8. The van der Waals surface area contributed by atoms with Crippen molar-refractivity contribution in [2.75, 3.05) is 13.1 Å². The van der Waals surface area contributed by atoms with Crippen molar-refractivity contribution in [2.24, 2.45) is 0 Å². The second-order valence-corrected chi connectivity index (χ2v) is 7.46. The number of carbonyl (C=O) groups is 3. The maximum Gasteiger partial charge on any atom is 0.292 e. The van der Waals surface area contributed by atoms with Crippen molar-refractivity contribution in [3.05, 3.63) is 66.1 Å². The van der Waals surface area contributed by atoms with Crippen LogP contribution < -0.4 is 5.32 Å². The SMILES string of the molecule is O=C(NCc1ccccn1)C(=O)c1cn(CC(=O)N2CCCCC2)c2ccccc12. The minimum absolute atomic E-state index is 0.0362. The number of amides is 2. The van der Waals surface area contributed by atoms with Gasteiger partial charge in [0.1, 0.15) is 6.54 Å². The molecule has 0 bridgehead atoms. The maximum absolute atomic E-state index is 12.8. The van der Waals surface area contributed by atoms with E-state index in [4.69, 9.17) is 0 Å². The van der Waals surface area contributed by atoms with Crippen LogP contribution in [0.5, 0.6) is 0 Å². The first-order chi connectivity index (χ1) is 14.6. The number of nitrogens with zero attached hydrogens (tertiary/aromatic N) is 3. The number of para-hydroxylation sites is 1. The van der Waals surface area contributed by atoms with Crippen LogP contribution >= 0.6 is 0 Å². The Balaban J connectivity index is 1.53. The normalized spacial score (nSPS) is 13.9. The lowest BCUT2D eigenvalue weighted by atomic mass is 10.1. The predicted octanol–water partition coefficient (Wildman–Crippen LogP) is 2.55. The quantitative estimate of drug-likeness (QED) is 0.505. The first-order valence-electron chi connectivity index (χ1n) is 10.2. The van der Waals surface area contributed by atoms with Crippen LogP contribution in [0.25, 0.3) is 10.9 Å². The first kappa shape index (κ1) is 19.8. The number of benzene rings is 1. The van der Waals surface area contributed by atoms with E-state index in [1.807, 2.05) is 29.2 Å². The summed E-state index contributed by atoms with van der Waals surface area (Å²) in [5, 5.41) is 3.30. The van der Waals surface area contributed by atoms with Crippen LogP contribution in [0.2, 0.25) is 0 Å². The van der Waals surface area contributed by atoms with Gasteiger partial charge in [-0.3, -0.25) is 19.4 Å². The number of aromatic nitrogens is 2. The zero-order valence-corrected chi connectivity index (χ0v) is 16.7. The summed E-state index contributed by atoms with van der Waals surface area (Å²) >= 11 is 0. The van der Waals surface area contributed by atoms with Crippen molar-refractivity contribution in [1.82, 2.24) is 19.8 Å². The van der Waals surface area contributed by atoms with Gasteiger partial charge >= 0.3 is 0 Å². The van der Waals surface area contributed by atoms with Crippen LogP contribution in [0.15, 0.2) is 54.9 Å². The van der Waals surface area contributed by atoms with Crippen molar-refractivity contribution < 1.29 is 14.4 Å². The number of carbonyl (C=O) groups excluding carboxylic acids is 3. The van der Waals surface area contributed by atoms with E-state index < -0.39 is 11.7 Å². The fraction of sp³-hybridized carbons (Fsp3) is 0.304. The number of nitrogens with one attached hydrogen (secondary N) is 1. The molecule has 0 radical (unpaired) electrons. The van der Waals surface area contributed by atoms with Gasteiger partial charge in [-0.1, -0.05) is 24.3 Å². The molecule has 1 N–H and O–H groups in total. The third-order valence-electron chi connectivity index (χ3n) is 5.41. The Labute approximate surface area is 174 Å². The molecule has 0 unspecified atom stereocenters. The molecule has 2 amide bonds. The molecular weight excluding hydrogens is 380 g/mol. The van der Waals surface area contributed by atoms with Gasteiger partial charge in [0.15, 0.2) is 0 Å². The number of hydrogen-bond acceptors (Lipinski definition) is 4. The molecule has 30 heavy (non-hydrogen) atoms. The molecule has 4 rings (SSSR count). The van der Waals surface area contributed by atoms with Gasteiger partial charge in [-0.15, -0.1) is 0 Å². The molecule has 1 aliphatic rings. The topological polar surface area (TPSA) is 84.3 Å². The van der Waals surface area contributed by atoms with Crippen LogP contribution in [0, 0.1) is 0 Å². The molecule has 1 aliphatic heterocycles. The summed E-state index contributed by atoms with van der Waals surface area (Å²) in [6, 6.07) is 12.7. The molecule has 0 aliphatic carbocycles. The molecule has 7 heteroatoms. The number of Topliss-reactive ketones (excluding diaryl/α,β-unsaturated/α-hetero) is 1. The number of pyridine rings is 1. The van der Waals surface area contributed by atoms with Gasteiger partial charge < -0.3 is 14.8 Å². The molecule has 0 spiro atoms. The summed E-state index contributed by atoms with van der Waals surface area (Å²) in [6.07, 6.45) is 6.46. The molecule has 0 saturated carbocycles. The average molecular weight is 404 g/mol. The smallest absolute Gasteiger partial charge is 0.292 e. The molecule has 154 valence electrons. The summed E-state index contributed by atoms with van der Waals surface area (Å²) < 4.78 is 1.77. The Kier molecular flexibility index (Phi) is 5.88. The van der Waals surface area contributed by atoms with Gasteiger partial charge in [0.2, 0.25) is 5.91 Å². The number of piperidine rings is 1. The highest BCUT2D eigenvalue weighted by Gasteiger charge is 2.23. The Morgan fingerprint density at radius 3 is 2.50 bits per heavy atom. The molecule has 3 heterocycles. The third kappa shape index (κ3) is 4.25. The molecule has 2 aromatic heterocycles. The second-order valence-electron chi connectivity index (χ2n) is 7.46. The number of likely N-dealkylation sites (tertiary alicyclic amines) is 1. The molecule has 1 fully saturated rings. The monoisotopic (exact) mass is 404 g/mol. The van der Waals surface area contributed by atoms with Crippen LogP contribution in [0.3, 0.4) is 0 Å². The summed E-state index contributed by atoms with van der Waals surface area (Å²) in [6.45, 7) is 1.89. The van der Waals surface area contributed by atoms with Gasteiger partial charge in [-0.25, -0.2) is 0 Å². The van der Waals surface area contributed by atoms with E-state index in [1.54, 1.807) is 35.2 Å². The van der Waals surface area contributed by atoms with Crippen molar-refractivity contribution >= 4 is 28.5 Å². The molecular formula is C23H24N4O3. The highest BCUT2D eigenvalue weighted by molar-refractivity contribution is 6.45. The van der Waals surface area contributed by atoms with Crippen molar-refractivity contribution in [2.45, 2.75) is 32.4 Å². The zero-order chi connectivity index (χ0) is 20.9. The molecule has 7 nitrogen and oxygen atoms in total. The van der Waals surface area contributed by atoms with Crippen LogP contribution in [-0.4, -0.2) is 45.1 Å². The average Bonchev–Trinajstić information content (AvgIpc) is 3.16. The summed E-state index contributed by atoms with van der Waals surface area (Å²) in [5.74, 6) is -1.27. The summed E-state index contributed by atoms with van der Waals surface area (Å²) in [5.41, 5.74) is 1.74. The molecule has 1 aromatic carbocycles. The minimum Gasteiger partial charge on any atom is -0.344 e. The van der Waals surface area contributed by atoms with E-state index in [9.17, 15) is 14.4 Å².